The molecule has 0 heterocycles. The highest BCUT2D eigenvalue weighted by Gasteiger charge is 2.32. The highest BCUT2D eigenvalue weighted by Crippen LogP contribution is 2.29. The lowest BCUT2D eigenvalue weighted by Crippen LogP contribution is -2.35. The largest absolute Gasteiger partial charge is 0.352 e. The topological polar surface area (TPSA) is 49.4 Å². The number of benzene rings is 2. The molecule has 0 bridgehead atoms. The molecule has 0 saturated heterocycles. The molecule has 0 radical (unpaired) electrons. The molecule has 3 rings (SSSR count). The SMILES string of the molecule is Cc1cccc(C(=O)NCCC(=O)N(Cc2ccc(C(C)C)cc2)C2CC2)c1. The lowest BCUT2D eigenvalue weighted by Gasteiger charge is -2.23. The number of carbonyl (C=O) groups is 2. The van der Waals surface area contributed by atoms with Crippen molar-refractivity contribution >= 4 is 11.8 Å². The molecule has 28 heavy (non-hydrogen) atoms. The molecular weight excluding hydrogens is 348 g/mol. The van der Waals surface area contributed by atoms with Gasteiger partial charge in [-0.2, -0.15) is 0 Å². The van der Waals surface area contributed by atoms with E-state index in [-0.39, 0.29) is 11.8 Å². The zero-order valence-electron chi connectivity index (χ0n) is 17.1. The van der Waals surface area contributed by atoms with Gasteiger partial charge in [-0.15, -0.1) is 0 Å². The Bertz CT molecular complexity index is 823. The summed E-state index contributed by atoms with van der Waals surface area (Å²) in [5.41, 5.74) is 4.16. The highest BCUT2D eigenvalue weighted by molar-refractivity contribution is 5.94. The van der Waals surface area contributed by atoms with Gasteiger partial charge in [0.2, 0.25) is 5.91 Å². The molecular formula is C24H30N2O2. The van der Waals surface area contributed by atoms with E-state index in [9.17, 15) is 9.59 Å². The van der Waals surface area contributed by atoms with E-state index in [1.165, 1.54) is 5.56 Å². The average molecular weight is 379 g/mol. The first-order valence-corrected chi connectivity index (χ1v) is 10.2. The minimum Gasteiger partial charge on any atom is -0.352 e. The van der Waals surface area contributed by atoms with Crippen LogP contribution in [-0.4, -0.2) is 29.3 Å². The van der Waals surface area contributed by atoms with Crippen molar-refractivity contribution in [3.8, 4) is 0 Å². The Hall–Kier alpha value is -2.62. The Morgan fingerprint density at radius 3 is 2.43 bits per heavy atom. The van der Waals surface area contributed by atoms with Gasteiger partial charge >= 0.3 is 0 Å². The Kier molecular flexibility index (Phi) is 6.50. The van der Waals surface area contributed by atoms with Gasteiger partial charge in [0, 0.05) is 31.1 Å². The zero-order valence-corrected chi connectivity index (χ0v) is 17.1. The quantitative estimate of drug-likeness (QED) is 0.739. The van der Waals surface area contributed by atoms with Crippen LogP contribution in [0.1, 0.15) is 66.1 Å². The third kappa shape index (κ3) is 5.44. The van der Waals surface area contributed by atoms with Crippen molar-refractivity contribution in [1.82, 2.24) is 10.2 Å². The van der Waals surface area contributed by atoms with Gasteiger partial charge in [0.15, 0.2) is 0 Å². The molecule has 2 aromatic rings. The molecule has 4 nitrogen and oxygen atoms in total. The second-order valence-corrected chi connectivity index (χ2v) is 8.02. The summed E-state index contributed by atoms with van der Waals surface area (Å²) in [5, 5.41) is 2.87. The number of hydrogen-bond acceptors (Lipinski definition) is 2. The normalized spacial score (nSPS) is 13.4. The van der Waals surface area contributed by atoms with Gasteiger partial charge in [-0.05, 0) is 48.9 Å². The molecule has 0 unspecified atom stereocenters. The summed E-state index contributed by atoms with van der Waals surface area (Å²) in [6.45, 7) is 7.33. The molecule has 1 saturated carbocycles. The van der Waals surface area contributed by atoms with E-state index in [1.54, 1.807) is 6.07 Å². The van der Waals surface area contributed by atoms with Crippen LogP contribution in [0.25, 0.3) is 0 Å². The molecule has 1 N–H and O–H groups in total. The van der Waals surface area contributed by atoms with Crippen molar-refractivity contribution < 1.29 is 9.59 Å². The summed E-state index contributed by atoms with van der Waals surface area (Å²) in [6.07, 6.45) is 2.48. The van der Waals surface area contributed by atoms with Crippen molar-refractivity contribution in [3.05, 3.63) is 70.8 Å². The van der Waals surface area contributed by atoms with Crippen molar-refractivity contribution in [2.24, 2.45) is 0 Å². The lowest BCUT2D eigenvalue weighted by molar-refractivity contribution is -0.132. The number of carbonyl (C=O) groups excluding carboxylic acids is 2. The number of nitrogens with zero attached hydrogens (tertiary/aromatic N) is 1. The molecule has 1 aliphatic rings. The van der Waals surface area contributed by atoms with Crippen LogP contribution in [0.2, 0.25) is 0 Å². The molecule has 0 spiro atoms. The van der Waals surface area contributed by atoms with Gasteiger partial charge in [-0.1, -0.05) is 55.8 Å². The smallest absolute Gasteiger partial charge is 0.251 e. The van der Waals surface area contributed by atoms with Crippen LogP contribution in [0.15, 0.2) is 48.5 Å². The van der Waals surface area contributed by atoms with E-state index in [0.29, 0.717) is 37.0 Å². The molecule has 1 aliphatic carbocycles. The van der Waals surface area contributed by atoms with E-state index in [4.69, 9.17) is 0 Å². The van der Waals surface area contributed by atoms with Crippen molar-refractivity contribution in [3.63, 3.8) is 0 Å². The fourth-order valence-electron chi connectivity index (χ4n) is 3.33. The monoisotopic (exact) mass is 378 g/mol. The summed E-state index contributed by atoms with van der Waals surface area (Å²) in [6, 6.07) is 16.4. The molecule has 2 amide bonds. The summed E-state index contributed by atoms with van der Waals surface area (Å²) >= 11 is 0. The summed E-state index contributed by atoms with van der Waals surface area (Å²) in [5.74, 6) is 0.492. The molecule has 148 valence electrons. The van der Waals surface area contributed by atoms with Crippen molar-refractivity contribution in [2.45, 2.75) is 58.5 Å². The molecule has 0 aromatic heterocycles. The minimum atomic E-state index is -0.126. The van der Waals surface area contributed by atoms with Gasteiger partial charge in [-0.25, -0.2) is 0 Å². The summed E-state index contributed by atoms with van der Waals surface area (Å²) in [4.78, 5) is 27.0. The maximum Gasteiger partial charge on any atom is 0.251 e. The Morgan fingerprint density at radius 1 is 1.11 bits per heavy atom. The fraction of sp³-hybridized carbons (Fsp3) is 0.417. The number of rotatable bonds is 8. The van der Waals surface area contributed by atoms with Gasteiger partial charge in [0.05, 0.1) is 0 Å². The van der Waals surface area contributed by atoms with E-state index < -0.39 is 0 Å². The Balaban J connectivity index is 1.53. The first kappa shape index (κ1) is 20.1. The number of hydrogen-bond donors (Lipinski definition) is 1. The third-order valence-corrected chi connectivity index (χ3v) is 5.21. The molecule has 4 heteroatoms. The first-order valence-electron chi connectivity index (χ1n) is 10.2. The second kappa shape index (κ2) is 9.05. The first-order chi connectivity index (χ1) is 13.4. The van der Waals surface area contributed by atoms with Crippen LogP contribution in [0.3, 0.4) is 0 Å². The standard InChI is InChI=1S/C24H30N2O2/c1-17(2)20-9-7-19(8-10-20)16-26(22-11-12-22)23(27)13-14-25-24(28)21-6-4-5-18(3)15-21/h4-10,15,17,22H,11-14,16H2,1-3H3,(H,25,28). The third-order valence-electron chi connectivity index (χ3n) is 5.21. The molecule has 2 aromatic carbocycles. The van der Waals surface area contributed by atoms with E-state index >= 15 is 0 Å². The average Bonchev–Trinajstić information content (AvgIpc) is 3.51. The predicted molar refractivity (Wildman–Crippen MR) is 112 cm³/mol. The minimum absolute atomic E-state index is 0.111. The van der Waals surface area contributed by atoms with E-state index in [1.807, 2.05) is 30.0 Å². The maximum atomic E-state index is 12.8. The second-order valence-electron chi connectivity index (χ2n) is 8.02. The van der Waals surface area contributed by atoms with Gasteiger partial charge in [-0.3, -0.25) is 9.59 Å². The van der Waals surface area contributed by atoms with Crippen molar-refractivity contribution in [2.75, 3.05) is 6.54 Å². The molecule has 0 atom stereocenters. The number of amides is 2. The highest BCUT2D eigenvalue weighted by atomic mass is 16.2. The Morgan fingerprint density at radius 2 is 1.82 bits per heavy atom. The lowest BCUT2D eigenvalue weighted by atomic mass is 10.0. The van der Waals surface area contributed by atoms with Crippen LogP contribution in [0, 0.1) is 6.92 Å². The van der Waals surface area contributed by atoms with Crippen LogP contribution in [-0.2, 0) is 11.3 Å². The molecule has 1 fully saturated rings. The number of aryl methyl sites for hydroxylation is 1. The predicted octanol–water partition coefficient (Wildman–Crippen LogP) is 4.43. The summed E-state index contributed by atoms with van der Waals surface area (Å²) in [7, 11) is 0. The zero-order chi connectivity index (χ0) is 20.1. The fourth-order valence-corrected chi connectivity index (χ4v) is 3.33. The van der Waals surface area contributed by atoms with Gasteiger partial charge in [0.25, 0.3) is 5.91 Å². The van der Waals surface area contributed by atoms with E-state index in [2.05, 4.69) is 43.4 Å². The summed E-state index contributed by atoms with van der Waals surface area (Å²) < 4.78 is 0. The number of nitrogens with one attached hydrogen (secondary N) is 1. The van der Waals surface area contributed by atoms with Crippen LogP contribution < -0.4 is 5.32 Å². The Labute approximate surface area is 167 Å². The van der Waals surface area contributed by atoms with Gasteiger partial charge in [0.1, 0.15) is 0 Å². The van der Waals surface area contributed by atoms with Crippen LogP contribution in [0.5, 0.6) is 0 Å². The van der Waals surface area contributed by atoms with Crippen LogP contribution in [0.4, 0.5) is 0 Å². The van der Waals surface area contributed by atoms with Crippen molar-refractivity contribution in [1.29, 1.82) is 0 Å². The molecule has 0 aliphatic heterocycles. The van der Waals surface area contributed by atoms with Crippen LogP contribution >= 0.6 is 0 Å². The van der Waals surface area contributed by atoms with E-state index in [0.717, 1.165) is 24.0 Å². The van der Waals surface area contributed by atoms with Gasteiger partial charge < -0.3 is 10.2 Å². The maximum absolute atomic E-state index is 12.8.